The van der Waals surface area contributed by atoms with E-state index in [2.05, 4.69) is 133 Å². The van der Waals surface area contributed by atoms with Crippen LogP contribution in [0, 0.1) is 54.9 Å². The second-order valence-electron chi connectivity index (χ2n) is 15.0. The lowest BCUT2D eigenvalue weighted by molar-refractivity contribution is -0.135. The molecule has 0 spiro atoms. The molecule has 3 heteroatoms. The Kier molecular flexibility index (Phi) is 10.3. The van der Waals surface area contributed by atoms with Crippen LogP contribution in [-0.2, 0) is 4.79 Å². The molecular formula is C44H48O2Si. The predicted octanol–water partition coefficient (Wildman–Crippen LogP) is 11.4. The standard InChI is InChI=1S/C44H48O2Si/c1-29(2)23-34(24-30(3)4)26-41(45)46-38-16-12-15-33(25-38)19-20-35-27-37-28-36(21-22-47(7,8)9)40-18-11-14-32(6)43(40)44(37)42-31(5)13-10-17-39(35)42/h10-18,25,27-30,34H,23-24,26H2,1-9H3. The zero-order valence-corrected chi connectivity index (χ0v) is 30.6. The van der Waals surface area contributed by atoms with Gasteiger partial charge >= 0.3 is 5.97 Å². The number of carbonyl (C=O) groups is 1. The second kappa shape index (κ2) is 14.2. The van der Waals surface area contributed by atoms with Crippen molar-refractivity contribution in [3.05, 3.63) is 101 Å². The molecule has 0 aromatic heterocycles. The highest BCUT2D eigenvalue weighted by atomic mass is 28.3. The highest BCUT2D eigenvalue weighted by Crippen LogP contribution is 2.39. The first-order chi connectivity index (χ1) is 22.3. The van der Waals surface area contributed by atoms with Gasteiger partial charge in [0.1, 0.15) is 13.8 Å². The number of esters is 1. The monoisotopic (exact) mass is 636 g/mol. The summed E-state index contributed by atoms with van der Waals surface area (Å²) in [7, 11) is -1.57. The fraction of sp³-hybridized carbons (Fsp3) is 0.341. The van der Waals surface area contributed by atoms with E-state index >= 15 is 0 Å². The molecule has 5 aromatic carbocycles. The first kappa shape index (κ1) is 34.0. The minimum atomic E-state index is -1.57. The molecule has 5 aromatic rings. The first-order valence-electron chi connectivity index (χ1n) is 17.0. The summed E-state index contributed by atoms with van der Waals surface area (Å²) in [6.45, 7) is 20.1. The molecule has 0 radical (unpaired) electrons. The Balaban J connectivity index is 1.57. The van der Waals surface area contributed by atoms with Gasteiger partial charge in [-0.15, -0.1) is 5.54 Å². The van der Waals surface area contributed by atoms with Crippen LogP contribution in [0.3, 0.4) is 0 Å². The van der Waals surface area contributed by atoms with Crippen LogP contribution in [0.1, 0.15) is 74.8 Å². The molecule has 47 heavy (non-hydrogen) atoms. The van der Waals surface area contributed by atoms with Crippen molar-refractivity contribution in [2.75, 3.05) is 0 Å². The van der Waals surface area contributed by atoms with E-state index in [-0.39, 0.29) is 5.97 Å². The molecule has 0 aliphatic heterocycles. The molecule has 0 saturated heterocycles. The molecule has 0 N–H and O–H groups in total. The summed E-state index contributed by atoms with van der Waals surface area (Å²) in [6, 6.07) is 25.1. The van der Waals surface area contributed by atoms with Gasteiger partial charge in [-0.3, -0.25) is 4.79 Å². The van der Waals surface area contributed by atoms with Gasteiger partial charge < -0.3 is 4.74 Å². The van der Waals surface area contributed by atoms with Gasteiger partial charge in [0.2, 0.25) is 0 Å². The van der Waals surface area contributed by atoms with Gasteiger partial charge in [0.25, 0.3) is 0 Å². The Morgan fingerprint density at radius 1 is 0.702 bits per heavy atom. The number of ether oxygens (including phenoxy) is 1. The van der Waals surface area contributed by atoms with Gasteiger partial charge in [-0.25, -0.2) is 0 Å². The van der Waals surface area contributed by atoms with E-state index in [0.29, 0.717) is 29.9 Å². The molecule has 0 bridgehead atoms. The van der Waals surface area contributed by atoms with E-state index in [4.69, 9.17) is 4.74 Å². The third-order valence-corrected chi connectivity index (χ3v) is 9.43. The van der Waals surface area contributed by atoms with Crippen molar-refractivity contribution in [2.45, 2.75) is 80.4 Å². The quantitative estimate of drug-likeness (QED) is 0.0584. The molecular weight excluding hydrogens is 589 g/mol. The molecule has 5 rings (SSSR count). The van der Waals surface area contributed by atoms with E-state index in [9.17, 15) is 4.79 Å². The lowest BCUT2D eigenvalue weighted by atomic mass is 9.87. The number of benzene rings is 5. The van der Waals surface area contributed by atoms with Gasteiger partial charge in [-0.05, 0) is 118 Å². The highest BCUT2D eigenvalue weighted by molar-refractivity contribution is 6.83. The van der Waals surface area contributed by atoms with Gasteiger partial charge in [-0.1, -0.05) is 108 Å². The van der Waals surface area contributed by atoms with Crippen molar-refractivity contribution >= 4 is 46.4 Å². The summed E-state index contributed by atoms with van der Waals surface area (Å²) in [6.07, 6.45) is 2.49. The van der Waals surface area contributed by atoms with Gasteiger partial charge in [-0.2, -0.15) is 0 Å². The second-order valence-corrected chi connectivity index (χ2v) is 19.8. The fourth-order valence-corrected chi connectivity index (χ4v) is 7.27. The zero-order chi connectivity index (χ0) is 33.9. The van der Waals surface area contributed by atoms with Crippen molar-refractivity contribution in [2.24, 2.45) is 17.8 Å². The zero-order valence-electron chi connectivity index (χ0n) is 29.6. The van der Waals surface area contributed by atoms with Crippen LogP contribution in [0.15, 0.2) is 72.8 Å². The third-order valence-electron chi connectivity index (χ3n) is 8.56. The largest absolute Gasteiger partial charge is 0.426 e. The molecule has 0 amide bonds. The summed E-state index contributed by atoms with van der Waals surface area (Å²) >= 11 is 0. The Morgan fingerprint density at radius 3 is 1.81 bits per heavy atom. The SMILES string of the molecule is Cc1cccc2c(C#Cc3cccc(OC(=O)CC(CC(C)C)CC(C)C)c3)cc3cc(C#C[Si](C)(C)C)c4cccc(C)c4c3c12. The smallest absolute Gasteiger partial charge is 0.311 e. The molecule has 0 fully saturated rings. The molecule has 0 aliphatic carbocycles. The lowest BCUT2D eigenvalue weighted by Crippen LogP contribution is -2.17. The summed E-state index contributed by atoms with van der Waals surface area (Å²) < 4.78 is 5.84. The van der Waals surface area contributed by atoms with Crippen LogP contribution >= 0.6 is 0 Å². The van der Waals surface area contributed by atoms with E-state index in [1.165, 1.54) is 32.7 Å². The molecule has 2 nitrogen and oxygen atoms in total. The summed E-state index contributed by atoms with van der Waals surface area (Å²) in [5.74, 6) is 12.3. The van der Waals surface area contributed by atoms with Crippen LogP contribution in [-0.4, -0.2) is 14.0 Å². The number of rotatable bonds is 7. The Bertz CT molecular complexity index is 2080. The van der Waals surface area contributed by atoms with E-state index in [1.807, 2.05) is 24.3 Å². The maximum atomic E-state index is 13.0. The van der Waals surface area contributed by atoms with Crippen LogP contribution in [0.4, 0.5) is 0 Å². The normalized spacial score (nSPS) is 11.7. The molecule has 0 atom stereocenters. The van der Waals surface area contributed by atoms with Crippen LogP contribution in [0.25, 0.3) is 32.3 Å². The third kappa shape index (κ3) is 8.35. The highest BCUT2D eigenvalue weighted by Gasteiger charge is 2.19. The van der Waals surface area contributed by atoms with Crippen molar-refractivity contribution < 1.29 is 9.53 Å². The Hall–Kier alpha value is -4.31. The van der Waals surface area contributed by atoms with Gasteiger partial charge in [0.05, 0.1) is 0 Å². The summed E-state index contributed by atoms with van der Waals surface area (Å²) in [5.41, 5.74) is 8.93. The van der Waals surface area contributed by atoms with E-state index in [1.54, 1.807) is 0 Å². The van der Waals surface area contributed by atoms with E-state index in [0.717, 1.165) is 40.3 Å². The van der Waals surface area contributed by atoms with Crippen molar-refractivity contribution in [1.29, 1.82) is 0 Å². The average molecular weight is 637 g/mol. The predicted molar refractivity (Wildman–Crippen MR) is 204 cm³/mol. The molecule has 0 aliphatic rings. The number of carbonyl (C=O) groups excluding carboxylic acids is 1. The summed E-state index contributed by atoms with van der Waals surface area (Å²) in [5, 5.41) is 7.26. The van der Waals surface area contributed by atoms with E-state index < -0.39 is 8.07 Å². The lowest BCUT2D eigenvalue weighted by Gasteiger charge is -2.20. The number of fused-ring (bicyclic) bond motifs is 5. The fourth-order valence-electron chi connectivity index (χ4n) is 6.76. The molecule has 0 heterocycles. The first-order valence-corrected chi connectivity index (χ1v) is 20.5. The topological polar surface area (TPSA) is 26.3 Å². The molecule has 0 unspecified atom stereocenters. The maximum Gasteiger partial charge on any atom is 0.311 e. The van der Waals surface area contributed by atoms with Crippen LogP contribution in [0.5, 0.6) is 5.75 Å². The Morgan fingerprint density at radius 2 is 1.26 bits per heavy atom. The molecule has 240 valence electrons. The number of hydrogen-bond acceptors (Lipinski definition) is 2. The van der Waals surface area contributed by atoms with Crippen molar-refractivity contribution in [3.63, 3.8) is 0 Å². The average Bonchev–Trinajstić information content (AvgIpc) is 2.98. The van der Waals surface area contributed by atoms with Gasteiger partial charge in [0.15, 0.2) is 0 Å². The van der Waals surface area contributed by atoms with Crippen molar-refractivity contribution in [1.82, 2.24) is 0 Å². The minimum absolute atomic E-state index is 0.173. The maximum absolute atomic E-state index is 13.0. The minimum Gasteiger partial charge on any atom is -0.426 e. The molecule has 0 saturated carbocycles. The summed E-state index contributed by atoms with van der Waals surface area (Å²) in [4.78, 5) is 13.0. The van der Waals surface area contributed by atoms with Crippen LogP contribution in [0.2, 0.25) is 19.6 Å². The van der Waals surface area contributed by atoms with Crippen LogP contribution < -0.4 is 4.74 Å². The van der Waals surface area contributed by atoms with Crippen molar-refractivity contribution in [3.8, 4) is 29.1 Å². The number of hydrogen-bond donors (Lipinski definition) is 0. The number of aryl methyl sites for hydroxylation is 2. The van der Waals surface area contributed by atoms with Gasteiger partial charge in [0, 0.05) is 23.1 Å². The Labute approximate surface area is 282 Å².